The van der Waals surface area contributed by atoms with Crippen LogP contribution < -0.4 is 10.1 Å². The molecule has 2 amide bonds. The SMILES string of the molecule is COc1ccc(CCN(CCNC(=O)Cc2cccc(F)c2)C(C)=O)cc1. The van der Waals surface area contributed by atoms with E-state index in [1.165, 1.54) is 19.1 Å². The smallest absolute Gasteiger partial charge is 0.224 e. The van der Waals surface area contributed by atoms with Gasteiger partial charge >= 0.3 is 0 Å². The quantitative estimate of drug-likeness (QED) is 0.736. The normalized spacial score (nSPS) is 10.3. The molecule has 0 aromatic heterocycles. The Labute approximate surface area is 159 Å². The molecule has 0 atom stereocenters. The van der Waals surface area contributed by atoms with E-state index >= 15 is 0 Å². The van der Waals surface area contributed by atoms with Gasteiger partial charge in [0.05, 0.1) is 13.5 Å². The van der Waals surface area contributed by atoms with E-state index in [-0.39, 0.29) is 24.1 Å². The number of amides is 2. The standard InChI is InChI=1S/C21H25FN2O3/c1-16(25)24(12-10-17-6-8-20(27-2)9-7-17)13-11-23-21(26)15-18-4-3-5-19(22)14-18/h3-9,14H,10-13,15H2,1-2H3,(H,23,26). The largest absolute Gasteiger partial charge is 0.497 e. The number of carbonyl (C=O) groups excluding carboxylic acids is 2. The van der Waals surface area contributed by atoms with E-state index in [1.54, 1.807) is 24.1 Å². The Kier molecular flexibility index (Phi) is 7.79. The van der Waals surface area contributed by atoms with Crippen LogP contribution in [0.15, 0.2) is 48.5 Å². The van der Waals surface area contributed by atoms with Gasteiger partial charge in [-0.1, -0.05) is 24.3 Å². The molecule has 0 saturated heterocycles. The molecule has 0 aliphatic rings. The highest BCUT2D eigenvalue weighted by Crippen LogP contribution is 2.12. The predicted octanol–water partition coefficient (Wildman–Crippen LogP) is 2.58. The van der Waals surface area contributed by atoms with E-state index in [1.807, 2.05) is 24.3 Å². The first-order valence-electron chi connectivity index (χ1n) is 8.87. The van der Waals surface area contributed by atoms with E-state index in [2.05, 4.69) is 5.32 Å². The van der Waals surface area contributed by atoms with Gasteiger partial charge in [-0.3, -0.25) is 9.59 Å². The van der Waals surface area contributed by atoms with Crippen molar-refractivity contribution in [2.75, 3.05) is 26.7 Å². The molecule has 5 nitrogen and oxygen atoms in total. The summed E-state index contributed by atoms with van der Waals surface area (Å²) < 4.78 is 18.3. The minimum Gasteiger partial charge on any atom is -0.497 e. The fourth-order valence-electron chi connectivity index (χ4n) is 2.71. The predicted molar refractivity (Wildman–Crippen MR) is 102 cm³/mol. The third-order valence-electron chi connectivity index (χ3n) is 4.23. The van der Waals surface area contributed by atoms with Gasteiger partial charge in [-0.2, -0.15) is 0 Å². The van der Waals surface area contributed by atoms with Crippen molar-refractivity contribution in [2.45, 2.75) is 19.8 Å². The summed E-state index contributed by atoms with van der Waals surface area (Å²) in [5, 5.41) is 2.78. The van der Waals surface area contributed by atoms with Gasteiger partial charge < -0.3 is 15.0 Å². The number of ether oxygens (including phenoxy) is 1. The number of rotatable bonds is 9. The van der Waals surface area contributed by atoms with Crippen molar-refractivity contribution in [2.24, 2.45) is 0 Å². The summed E-state index contributed by atoms with van der Waals surface area (Å²) in [5.74, 6) is 0.201. The van der Waals surface area contributed by atoms with Crippen LogP contribution in [0.2, 0.25) is 0 Å². The first kappa shape index (κ1) is 20.4. The molecule has 0 radical (unpaired) electrons. The topological polar surface area (TPSA) is 58.6 Å². The van der Waals surface area contributed by atoms with Crippen LogP contribution in [0.3, 0.4) is 0 Å². The summed E-state index contributed by atoms with van der Waals surface area (Å²) in [6.07, 6.45) is 0.838. The molecule has 0 unspecified atom stereocenters. The van der Waals surface area contributed by atoms with Crippen molar-refractivity contribution in [1.82, 2.24) is 10.2 Å². The van der Waals surface area contributed by atoms with Crippen LogP contribution in [0.4, 0.5) is 4.39 Å². The van der Waals surface area contributed by atoms with Gasteiger partial charge in [0.25, 0.3) is 0 Å². The van der Waals surface area contributed by atoms with E-state index in [9.17, 15) is 14.0 Å². The van der Waals surface area contributed by atoms with Crippen molar-refractivity contribution in [1.29, 1.82) is 0 Å². The Balaban J connectivity index is 1.76. The zero-order chi connectivity index (χ0) is 19.6. The van der Waals surface area contributed by atoms with Crippen LogP contribution >= 0.6 is 0 Å². The number of hydrogen-bond donors (Lipinski definition) is 1. The minimum absolute atomic E-state index is 0.0390. The molecule has 0 fully saturated rings. The maximum atomic E-state index is 13.1. The monoisotopic (exact) mass is 372 g/mol. The minimum atomic E-state index is -0.360. The second-order valence-corrected chi connectivity index (χ2v) is 6.26. The first-order valence-corrected chi connectivity index (χ1v) is 8.87. The van der Waals surface area contributed by atoms with Gasteiger partial charge in [0.2, 0.25) is 11.8 Å². The molecule has 2 aromatic rings. The van der Waals surface area contributed by atoms with E-state index in [0.29, 0.717) is 25.2 Å². The number of hydrogen-bond acceptors (Lipinski definition) is 3. The molecule has 144 valence electrons. The molecule has 2 aromatic carbocycles. The van der Waals surface area contributed by atoms with Gasteiger partial charge in [-0.15, -0.1) is 0 Å². The number of carbonyl (C=O) groups is 2. The average molecular weight is 372 g/mol. The highest BCUT2D eigenvalue weighted by Gasteiger charge is 2.10. The van der Waals surface area contributed by atoms with Crippen molar-refractivity contribution < 1.29 is 18.7 Å². The van der Waals surface area contributed by atoms with Crippen LogP contribution in [-0.4, -0.2) is 43.5 Å². The van der Waals surface area contributed by atoms with Gasteiger partial charge in [-0.25, -0.2) is 4.39 Å². The zero-order valence-corrected chi connectivity index (χ0v) is 15.7. The summed E-state index contributed by atoms with van der Waals surface area (Å²) in [7, 11) is 1.62. The van der Waals surface area contributed by atoms with Crippen molar-refractivity contribution >= 4 is 11.8 Å². The molecule has 0 aliphatic carbocycles. The third kappa shape index (κ3) is 7.09. The van der Waals surface area contributed by atoms with Gasteiger partial charge in [0.1, 0.15) is 11.6 Å². The lowest BCUT2D eigenvalue weighted by Crippen LogP contribution is -2.39. The Bertz CT molecular complexity index is 762. The van der Waals surface area contributed by atoms with Crippen LogP contribution in [0.25, 0.3) is 0 Å². The highest BCUT2D eigenvalue weighted by atomic mass is 19.1. The molecule has 0 heterocycles. The number of halogens is 1. The molecule has 0 spiro atoms. The summed E-state index contributed by atoms with van der Waals surface area (Å²) >= 11 is 0. The Hall–Kier alpha value is -2.89. The molecular formula is C21H25FN2O3. The lowest BCUT2D eigenvalue weighted by atomic mass is 10.1. The zero-order valence-electron chi connectivity index (χ0n) is 15.7. The van der Waals surface area contributed by atoms with Gasteiger partial charge in [-0.05, 0) is 41.8 Å². The van der Waals surface area contributed by atoms with Crippen LogP contribution in [0.5, 0.6) is 5.75 Å². The molecule has 6 heteroatoms. The van der Waals surface area contributed by atoms with Gasteiger partial charge in [0.15, 0.2) is 0 Å². The van der Waals surface area contributed by atoms with Crippen LogP contribution in [0, 0.1) is 5.82 Å². The Morgan fingerprint density at radius 2 is 1.81 bits per heavy atom. The lowest BCUT2D eigenvalue weighted by Gasteiger charge is -2.21. The number of benzene rings is 2. The van der Waals surface area contributed by atoms with Crippen LogP contribution in [0.1, 0.15) is 18.1 Å². The molecular weight excluding hydrogens is 347 g/mol. The molecule has 0 saturated carbocycles. The maximum absolute atomic E-state index is 13.1. The number of nitrogens with zero attached hydrogens (tertiary/aromatic N) is 1. The van der Waals surface area contributed by atoms with Crippen molar-refractivity contribution in [3.05, 3.63) is 65.5 Å². The molecule has 1 N–H and O–H groups in total. The average Bonchev–Trinajstić information content (AvgIpc) is 2.64. The summed E-state index contributed by atoms with van der Waals surface area (Å²) in [6.45, 7) is 2.88. The van der Waals surface area contributed by atoms with Crippen LogP contribution in [-0.2, 0) is 22.4 Å². The highest BCUT2D eigenvalue weighted by molar-refractivity contribution is 5.78. The third-order valence-corrected chi connectivity index (χ3v) is 4.23. The Morgan fingerprint density at radius 3 is 2.44 bits per heavy atom. The Morgan fingerprint density at radius 1 is 1.07 bits per heavy atom. The second-order valence-electron chi connectivity index (χ2n) is 6.26. The summed E-state index contributed by atoms with van der Waals surface area (Å²) in [6, 6.07) is 13.7. The van der Waals surface area contributed by atoms with E-state index in [4.69, 9.17) is 4.74 Å². The molecule has 0 aliphatic heterocycles. The fourth-order valence-corrected chi connectivity index (χ4v) is 2.71. The van der Waals surface area contributed by atoms with E-state index < -0.39 is 0 Å². The van der Waals surface area contributed by atoms with E-state index in [0.717, 1.165) is 17.7 Å². The summed E-state index contributed by atoms with van der Waals surface area (Å²) in [4.78, 5) is 25.5. The molecule has 27 heavy (non-hydrogen) atoms. The second kappa shape index (κ2) is 10.3. The fraction of sp³-hybridized carbons (Fsp3) is 0.333. The van der Waals surface area contributed by atoms with Crippen molar-refractivity contribution in [3.63, 3.8) is 0 Å². The number of nitrogens with one attached hydrogen (secondary N) is 1. The van der Waals surface area contributed by atoms with Gasteiger partial charge in [0, 0.05) is 26.6 Å². The van der Waals surface area contributed by atoms with Crippen molar-refractivity contribution in [3.8, 4) is 5.75 Å². The maximum Gasteiger partial charge on any atom is 0.224 e. The molecule has 0 bridgehead atoms. The number of methoxy groups -OCH3 is 1. The summed E-state index contributed by atoms with van der Waals surface area (Å²) in [5.41, 5.74) is 1.73. The first-order chi connectivity index (χ1) is 13.0. The lowest BCUT2D eigenvalue weighted by molar-refractivity contribution is -0.129. The molecule has 2 rings (SSSR count).